The number of fused-ring (bicyclic) bond motifs is 4. The number of hydrogen-bond donors (Lipinski definition) is 0. The molecule has 1 aromatic heterocycles. The molecule has 0 fully saturated rings. The maximum absolute atomic E-state index is 4.85. The van der Waals surface area contributed by atoms with Crippen LogP contribution in [0.5, 0.6) is 0 Å². The molecule has 4 nitrogen and oxygen atoms in total. The summed E-state index contributed by atoms with van der Waals surface area (Å²) < 4.78 is 1.92. The molecule has 2 aliphatic rings. The van der Waals surface area contributed by atoms with Crippen molar-refractivity contribution in [3.63, 3.8) is 0 Å². The van der Waals surface area contributed by atoms with E-state index in [1.807, 2.05) is 28.8 Å². The van der Waals surface area contributed by atoms with Gasteiger partial charge in [0.2, 0.25) is 4.96 Å². The first-order chi connectivity index (χ1) is 11.3. The topological polar surface area (TPSA) is 43.1 Å². The summed E-state index contributed by atoms with van der Waals surface area (Å²) >= 11 is 1.59. The highest BCUT2D eigenvalue weighted by Gasteiger charge is 2.19. The molecule has 5 rings (SSSR count). The molecule has 0 saturated carbocycles. The van der Waals surface area contributed by atoms with Crippen LogP contribution in [-0.2, 0) is 0 Å². The molecule has 3 heterocycles. The maximum atomic E-state index is 4.85. The molecule has 2 aliphatic heterocycles. The Morgan fingerprint density at radius 3 is 2.70 bits per heavy atom. The second-order valence-corrected chi connectivity index (χ2v) is 6.38. The SMILES string of the molecule is Cc1cccc2c3nn4c(-c5ccccc5)csc4nc-3nc12. The highest BCUT2D eigenvalue weighted by Crippen LogP contribution is 2.32. The average Bonchev–Trinajstić information content (AvgIpc) is 3.15. The highest BCUT2D eigenvalue weighted by atomic mass is 32.1. The monoisotopic (exact) mass is 316 g/mol. The van der Waals surface area contributed by atoms with Crippen molar-refractivity contribution < 1.29 is 0 Å². The van der Waals surface area contributed by atoms with Gasteiger partial charge in [-0.1, -0.05) is 48.5 Å². The first kappa shape index (κ1) is 12.7. The van der Waals surface area contributed by atoms with Crippen LogP contribution in [0.25, 0.3) is 38.6 Å². The molecule has 0 N–H and O–H groups in total. The van der Waals surface area contributed by atoms with Crippen LogP contribution in [0.1, 0.15) is 5.56 Å². The Morgan fingerprint density at radius 2 is 1.83 bits per heavy atom. The second-order valence-electron chi connectivity index (χ2n) is 5.55. The van der Waals surface area contributed by atoms with Crippen molar-refractivity contribution in [3.05, 3.63) is 59.5 Å². The minimum atomic E-state index is 0.718. The molecule has 0 radical (unpaired) electrons. The molecule has 0 spiro atoms. The summed E-state index contributed by atoms with van der Waals surface area (Å²) in [5, 5.41) is 8.00. The maximum Gasteiger partial charge on any atom is 0.213 e. The average molecular weight is 316 g/mol. The predicted molar refractivity (Wildman–Crippen MR) is 93.0 cm³/mol. The number of para-hydroxylation sites is 1. The van der Waals surface area contributed by atoms with Crippen LogP contribution in [0.2, 0.25) is 0 Å². The minimum absolute atomic E-state index is 0.718. The summed E-state index contributed by atoms with van der Waals surface area (Å²) in [6.07, 6.45) is 0. The van der Waals surface area contributed by atoms with Gasteiger partial charge in [-0.15, -0.1) is 11.3 Å². The van der Waals surface area contributed by atoms with Crippen molar-refractivity contribution in [2.24, 2.45) is 0 Å². The van der Waals surface area contributed by atoms with Gasteiger partial charge in [-0.25, -0.2) is 9.50 Å². The zero-order valence-corrected chi connectivity index (χ0v) is 13.2. The summed E-state index contributed by atoms with van der Waals surface area (Å²) in [5.41, 5.74) is 5.19. The van der Waals surface area contributed by atoms with Gasteiger partial charge in [-0.3, -0.25) is 0 Å². The van der Waals surface area contributed by atoms with E-state index in [-0.39, 0.29) is 0 Å². The van der Waals surface area contributed by atoms with Gasteiger partial charge in [0.1, 0.15) is 5.69 Å². The Hall–Kier alpha value is -2.79. The zero-order valence-electron chi connectivity index (χ0n) is 12.4. The van der Waals surface area contributed by atoms with Crippen LogP contribution in [0, 0.1) is 6.92 Å². The van der Waals surface area contributed by atoms with Crippen molar-refractivity contribution in [2.45, 2.75) is 6.92 Å². The summed E-state index contributed by atoms with van der Waals surface area (Å²) in [6.45, 7) is 2.07. The summed E-state index contributed by atoms with van der Waals surface area (Å²) in [6, 6.07) is 16.4. The third-order valence-corrected chi connectivity index (χ3v) is 4.89. The lowest BCUT2D eigenvalue weighted by atomic mass is 10.1. The molecule has 2 aromatic carbocycles. The lowest BCUT2D eigenvalue weighted by Gasteiger charge is -2.03. The van der Waals surface area contributed by atoms with Gasteiger partial charge in [0.15, 0.2) is 5.82 Å². The van der Waals surface area contributed by atoms with Gasteiger partial charge in [0, 0.05) is 16.3 Å². The third kappa shape index (κ3) is 1.80. The molecule has 0 amide bonds. The van der Waals surface area contributed by atoms with Crippen LogP contribution in [0.3, 0.4) is 0 Å². The lowest BCUT2D eigenvalue weighted by Crippen LogP contribution is -1.99. The van der Waals surface area contributed by atoms with E-state index in [0.29, 0.717) is 0 Å². The van der Waals surface area contributed by atoms with Crippen LogP contribution >= 0.6 is 11.3 Å². The number of rotatable bonds is 1. The number of aromatic nitrogens is 4. The van der Waals surface area contributed by atoms with Gasteiger partial charge in [-0.2, -0.15) is 10.1 Å². The fourth-order valence-corrected chi connectivity index (χ4v) is 3.76. The van der Waals surface area contributed by atoms with Gasteiger partial charge in [-0.05, 0) is 12.5 Å². The normalized spacial score (nSPS) is 11.7. The molecule has 0 saturated heterocycles. The Morgan fingerprint density at radius 1 is 0.957 bits per heavy atom. The first-order valence-corrected chi connectivity index (χ1v) is 8.28. The van der Waals surface area contributed by atoms with Crippen molar-refractivity contribution >= 4 is 27.2 Å². The Bertz CT molecular complexity index is 1120. The molecule has 0 aliphatic carbocycles. The molecule has 23 heavy (non-hydrogen) atoms. The number of hydrogen-bond acceptors (Lipinski definition) is 4. The van der Waals surface area contributed by atoms with Crippen molar-refractivity contribution in [1.82, 2.24) is 19.6 Å². The lowest BCUT2D eigenvalue weighted by molar-refractivity contribution is 0.926. The van der Waals surface area contributed by atoms with Crippen molar-refractivity contribution in [2.75, 3.05) is 0 Å². The first-order valence-electron chi connectivity index (χ1n) is 7.40. The summed E-state index contributed by atoms with van der Waals surface area (Å²) in [5.74, 6) is 0.718. The van der Waals surface area contributed by atoms with E-state index in [2.05, 4.69) is 41.6 Å². The van der Waals surface area contributed by atoms with Crippen LogP contribution in [-0.4, -0.2) is 19.6 Å². The third-order valence-electron chi connectivity index (χ3n) is 4.08. The van der Waals surface area contributed by atoms with E-state index in [1.165, 1.54) is 0 Å². The van der Waals surface area contributed by atoms with Crippen molar-refractivity contribution in [1.29, 1.82) is 0 Å². The van der Waals surface area contributed by atoms with E-state index in [0.717, 1.165) is 44.2 Å². The fourth-order valence-electron chi connectivity index (χ4n) is 2.93. The molecule has 0 atom stereocenters. The van der Waals surface area contributed by atoms with E-state index in [1.54, 1.807) is 11.3 Å². The minimum Gasteiger partial charge on any atom is -0.226 e. The van der Waals surface area contributed by atoms with E-state index in [4.69, 9.17) is 10.1 Å². The van der Waals surface area contributed by atoms with Gasteiger partial charge >= 0.3 is 0 Å². The fraction of sp³-hybridized carbons (Fsp3) is 0.0556. The Balaban J connectivity index is 1.88. The predicted octanol–water partition coefficient (Wildman–Crippen LogP) is 4.42. The van der Waals surface area contributed by atoms with Gasteiger partial charge < -0.3 is 0 Å². The van der Waals surface area contributed by atoms with Crippen molar-refractivity contribution in [3.8, 4) is 22.8 Å². The van der Waals surface area contributed by atoms with Gasteiger partial charge in [0.05, 0.1) is 11.2 Å². The van der Waals surface area contributed by atoms with Gasteiger partial charge in [0.25, 0.3) is 0 Å². The number of nitrogens with zero attached hydrogens (tertiary/aromatic N) is 4. The van der Waals surface area contributed by atoms with E-state index < -0.39 is 0 Å². The van der Waals surface area contributed by atoms with E-state index >= 15 is 0 Å². The molecule has 0 unspecified atom stereocenters. The smallest absolute Gasteiger partial charge is 0.213 e. The van der Waals surface area contributed by atoms with E-state index in [9.17, 15) is 0 Å². The molecule has 3 aromatic rings. The Labute approximate surface area is 136 Å². The number of benzene rings is 2. The molecule has 0 bridgehead atoms. The van der Waals surface area contributed by atoms with Crippen LogP contribution in [0.4, 0.5) is 0 Å². The molecular formula is C18H12N4S. The zero-order chi connectivity index (χ0) is 15.4. The molecule has 5 heteroatoms. The highest BCUT2D eigenvalue weighted by molar-refractivity contribution is 7.15. The summed E-state index contributed by atoms with van der Waals surface area (Å²) in [7, 11) is 0. The second kappa shape index (κ2) is 4.60. The molecule has 110 valence electrons. The van der Waals surface area contributed by atoms with Crippen LogP contribution in [0.15, 0.2) is 53.9 Å². The largest absolute Gasteiger partial charge is 0.226 e. The Kier molecular flexibility index (Phi) is 2.55. The standard InChI is InChI=1S/C18H12N4S/c1-11-6-5-9-13-15(11)19-17-16(13)21-22-14(10-23-18(22)20-17)12-7-3-2-4-8-12/h2-10H,1H3. The molecular weight excluding hydrogens is 304 g/mol. The quantitative estimate of drug-likeness (QED) is 0.460. The summed E-state index contributed by atoms with van der Waals surface area (Å²) in [4.78, 5) is 10.2. The van der Waals surface area contributed by atoms with Crippen LogP contribution < -0.4 is 0 Å². The number of aryl methyl sites for hydroxylation is 1. The number of thiazole rings is 1.